The van der Waals surface area contributed by atoms with Crippen molar-refractivity contribution in [2.45, 2.75) is 39.2 Å². The van der Waals surface area contributed by atoms with E-state index < -0.39 is 23.5 Å². The van der Waals surface area contributed by atoms with Gasteiger partial charge in [0.1, 0.15) is 5.60 Å². The minimum absolute atomic E-state index is 0.154. The molecule has 0 aliphatic heterocycles. The normalized spacial score (nSPS) is 12.8. The van der Waals surface area contributed by atoms with Gasteiger partial charge in [0.25, 0.3) is 0 Å². The highest BCUT2D eigenvalue weighted by atomic mass is 35.5. The summed E-state index contributed by atoms with van der Waals surface area (Å²) in [5.41, 5.74) is 0.171. The summed E-state index contributed by atoms with van der Waals surface area (Å²) in [5, 5.41) is 9.76. The van der Waals surface area contributed by atoms with Crippen molar-refractivity contribution in [3.63, 3.8) is 0 Å². The van der Waals surface area contributed by atoms with Crippen LogP contribution in [0.15, 0.2) is 24.3 Å². The van der Waals surface area contributed by atoms with Gasteiger partial charge in [-0.15, -0.1) is 0 Å². The molecule has 110 valence electrons. The molecule has 0 saturated heterocycles. The molecule has 5 heteroatoms. The molecule has 0 heterocycles. The Labute approximate surface area is 123 Å². The Hall–Kier alpha value is -1.55. The zero-order valence-corrected chi connectivity index (χ0v) is 12.6. The summed E-state index contributed by atoms with van der Waals surface area (Å²) in [6.07, 6.45) is 0.0915. The second-order valence-electron chi connectivity index (χ2n) is 5.66. The third-order valence-electron chi connectivity index (χ3n) is 2.55. The third-order valence-corrected chi connectivity index (χ3v) is 2.79. The molecule has 4 nitrogen and oxygen atoms in total. The average Bonchev–Trinajstić information content (AvgIpc) is 2.25. The van der Waals surface area contributed by atoms with E-state index in [9.17, 15) is 14.7 Å². The van der Waals surface area contributed by atoms with Crippen LogP contribution in [-0.2, 0) is 20.7 Å². The lowest BCUT2D eigenvalue weighted by Gasteiger charge is -2.21. The summed E-state index contributed by atoms with van der Waals surface area (Å²) in [5.74, 6) is -2.34. The molecule has 0 saturated carbocycles. The van der Waals surface area contributed by atoms with Gasteiger partial charge in [-0.2, -0.15) is 0 Å². The second kappa shape index (κ2) is 6.75. The van der Waals surface area contributed by atoms with Crippen molar-refractivity contribution in [1.29, 1.82) is 0 Å². The number of ether oxygens (including phenoxy) is 1. The topological polar surface area (TPSA) is 63.6 Å². The van der Waals surface area contributed by atoms with Crippen molar-refractivity contribution < 1.29 is 19.4 Å². The summed E-state index contributed by atoms with van der Waals surface area (Å²) in [6, 6.07) is 6.96. The fraction of sp³-hybridized carbons (Fsp3) is 0.467. The van der Waals surface area contributed by atoms with Gasteiger partial charge in [0.05, 0.1) is 12.3 Å². The van der Waals surface area contributed by atoms with Crippen molar-refractivity contribution >= 4 is 23.5 Å². The predicted molar refractivity (Wildman–Crippen MR) is 76.7 cm³/mol. The van der Waals surface area contributed by atoms with E-state index in [4.69, 9.17) is 16.3 Å². The molecule has 1 N–H and O–H groups in total. The van der Waals surface area contributed by atoms with Gasteiger partial charge in [-0.05, 0) is 44.9 Å². The molecule has 0 fully saturated rings. The number of aliphatic carboxylic acids is 1. The molecule has 1 rings (SSSR count). The van der Waals surface area contributed by atoms with Crippen LogP contribution in [0.4, 0.5) is 0 Å². The molecule has 0 aromatic heterocycles. The van der Waals surface area contributed by atoms with Gasteiger partial charge >= 0.3 is 11.9 Å². The Morgan fingerprint density at radius 1 is 1.35 bits per heavy atom. The Balaban J connectivity index is 2.71. The molecule has 0 aliphatic rings. The van der Waals surface area contributed by atoms with E-state index in [0.717, 1.165) is 5.56 Å². The Kier molecular flexibility index (Phi) is 5.57. The van der Waals surface area contributed by atoms with Crippen LogP contribution in [0.2, 0.25) is 5.02 Å². The van der Waals surface area contributed by atoms with Crippen molar-refractivity contribution in [2.24, 2.45) is 5.92 Å². The summed E-state index contributed by atoms with van der Waals surface area (Å²) >= 11 is 5.86. The number of carboxylic acid groups (broad SMARTS) is 1. The number of benzene rings is 1. The standard InChI is InChI=1S/C15H19ClO4/c1-15(2,3)20-13(17)9-11(14(18)19)7-10-5-4-6-12(16)8-10/h4-6,8,11H,7,9H2,1-3H3,(H,18,19). The van der Waals surface area contributed by atoms with E-state index in [2.05, 4.69) is 0 Å². The quantitative estimate of drug-likeness (QED) is 0.847. The van der Waals surface area contributed by atoms with Gasteiger partial charge in [0.2, 0.25) is 0 Å². The predicted octanol–water partition coefficient (Wildman–Crippen LogP) is 3.32. The van der Waals surface area contributed by atoms with Crippen LogP contribution < -0.4 is 0 Å². The van der Waals surface area contributed by atoms with E-state index >= 15 is 0 Å². The van der Waals surface area contributed by atoms with Crippen LogP contribution >= 0.6 is 11.6 Å². The lowest BCUT2D eigenvalue weighted by Crippen LogP contribution is -2.28. The lowest BCUT2D eigenvalue weighted by atomic mass is 9.96. The molecule has 20 heavy (non-hydrogen) atoms. The number of carbonyl (C=O) groups excluding carboxylic acids is 1. The number of carbonyl (C=O) groups is 2. The molecule has 1 atom stereocenters. The van der Waals surface area contributed by atoms with Crippen LogP contribution in [0.5, 0.6) is 0 Å². The van der Waals surface area contributed by atoms with Crippen LogP contribution in [0, 0.1) is 5.92 Å². The van der Waals surface area contributed by atoms with Gasteiger partial charge in [0, 0.05) is 5.02 Å². The number of halogens is 1. The maximum absolute atomic E-state index is 11.7. The zero-order chi connectivity index (χ0) is 15.3. The van der Waals surface area contributed by atoms with Gasteiger partial charge in [-0.3, -0.25) is 9.59 Å². The van der Waals surface area contributed by atoms with E-state index in [-0.39, 0.29) is 12.8 Å². The van der Waals surface area contributed by atoms with Crippen molar-refractivity contribution in [1.82, 2.24) is 0 Å². The molecule has 0 amide bonds. The summed E-state index contributed by atoms with van der Waals surface area (Å²) < 4.78 is 5.15. The highest BCUT2D eigenvalue weighted by Crippen LogP contribution is 2.19. The summed E-state index contributed by atoms with van der Waals surface area (Å²) in [6.45, 7) is 5.24. The fourth-order valence-electron chi connectivity index (χ4n) is 1.78. The van der Waals surface area contributed by atoms with Gasteiger partial charge in [-0.25, -0.2) is 0 Å². The van der Waals surface area contributed by atoms with Crippen LogP contribution in [0.1, 0.15) is 32.8 Å². The largest absolute Gasteiger partial charge is 0.481 e. The molecule has 0 bridgehead atoms. The molecule has 0 aliphatic carbocycles. The number of hydrogen-bond donors (Lipinski definition) is 1. The van der Waals surface area contributed by atoms with Gasteiger partial charge < -0.3 is 9.84 Å². The van der Waals surface area contributed by atoms with Crippen molar-refractivity contribution in [3.05, 3.63) is 34.9 Å². The fourth-order valence-corrected chi connectivity index (χ4v) is 1.99. The maximum Gasteiger partial charge on any atom is 0.307 e. The number of esters is 1. The maximum atomic E-state index is 11.7. The molecule has 1 aromatic rings. The minimum atomic E-state index is -1.02. The number of hydrogen-bond acceptors (Lipinski definition) is 3. The second-order valence-corrected chi connectivity index (χ2v) is 6.10. The molecular formula is C15H19ClO4. The van der Waals surface area contributed by atoms with E-state index in [1.165, 1.54) is 0 Å². The van der Waals surface area contributed by atoms with Crippen LogP contribution in [0.25, 0.3) is 0 Å². The van der Waals surface area contributed by atoms with Gasteiger partial charge in [0.15, 0.2) is 0 Å². The minimum Gasteiger partial charge on any atom is -0.481 e. The molecule has 1 aromatic carbocycles. The molecular weight excluding hydrogens is 280 g/mol. The van der Waals surface area contributed by atoms with Crippen molar-refractivity contribution in [3.8, 4) is 0 Å². The molecule has 0 radical (unpaired) electrons. The van der Waals surface area contributed by atoms with E-state index in [0.29, 0.717) is 5.02 Å². The van der Waals surface area contributed by atoms with E-state index in [1.54, 1.807) is 45.0 Å². The van der Waals surface area contributed by atoms with E-state index in [1.807, 2.05) is 0 Å². The van der Waals surface area contributed by atoms with Crippen LogP contribution in [0.3, 0.4) is 0 Å². The summed E-state index contributed by atoms with van der Waals surface area (Å²) in [7, 11) is 0. The highest BCUT2D eigenvalue weighted by molar-refractivity contribution is 6.30. The monoisotopic (exact) mass is 298 g/mol. The number of rotatable bonds is 5. The SMILES string of the molecule is CC(C)(C)OC(=O)CC(Cc1cccc(Cl)c1)C(=O)O. The smallest absolute Gasteiger partial charge is 0.307 e. The van der Waals surface area contributed by atoms with Gasteiger partial charge in [-0.1, -0.05) is 23.7 Å². The lowest BCUT2D eigenvalue weighted by molar-refractivity contribution is -0.159. The first-order chi connectivity index (χ1) is 9.17. The molecule has 1 unspecified atom stereocenters. The van der Waals surface area contributed by atoms with Crippen LogP contribution in [-0.4, -0.2) is 22.6 Å². The summed E-state index contributed by atoms with van der Waals surface area (Å²) in [4.78, 5) is 23.0. The first-order valence-corrected chi connectivity index (χ1v) is 6.74. The highest BCUT2D eigenvalue weighted by Gasteiger charge is 2.25. The zero-order valence-electron chi connectivity index (χ0n) is 11.9. The average molecular weight is 299 g/mol. The Bertz CT molecular complexity index is 491. The number of carboxylic acids is 1. The Morgan fingerprint density at radius 3 is 2.50 bits per heavy atom. The third kappa shape index (κ3) is 6.06. The molecule has 0 spiro atoms. The first-order valence-electron chi connectivity index (χ1n) is 6.36. The van der Waals surface area contributed by atoms with Crippen molar-refractivity contribution in [2.75, 3.05) is 0 Å². The first kappa shape index (κ1) is 16.5. The Morgan fingerprint density at radius 2 is 2.00 bits per heavy atom.